The number of hydrogen-bond donors (Lipinski definition) is 2. The summed E-state index contributed by atoms with van der Waals surface area (Å²) >= 11 is 0. The second kappa shape index (κ2) is 9.37. The lowest BCUT2D eigenvalue weighted by Crippen LogP contribution is -2.26. The highest BCUT2D eigenvalue weighted by atomic mass is 16.2. The Kier molecular flexibility index (Phi) is 6.89. The lowest BCUT2D eigenvalue weighted by molar-refractivity contribution is -0.126. The summed E-state index contributed by atoms with van der Waals surface area (Å²) in [6, 6.07) is 17.5. The highest BCUT2D eigenvalue weighted by Crippen LogP contribution is 2.04. The average Bonchev–Trinajstić information content (AvgIpc) is 2.64. The summed E-state index contributed by atoms with van der Waals surface area (Å²) in [7, 11) is 0. The molecule has 0 spiro atoms. The monoisotopic (exact) mass is 337 g/mol. The predicted octanol–water partition coefficient (Wildman–Crippen LogP) is 2.93. The van der Waals surface area contributed by atoms with Crippen LogP contribution in [0.2, 0.25) is 0 Å². The SMILES string of the molecule is CC(=NNC(=O)CCC(=O)NCc1ccccc1)c1ccc(C)cc1. The van der Waals surface area contributed by atoms with E-state index < -0.39 is 0 Å². The fraction of sp³-hybridized carbons (Fsp3) is 0.250. The van der Waals surface area contributed by atoms with E-state index in [-0.39, 0.29) is 24.7 Å². The predicted molar refractivity (Wildman–Crippen MR) is 99.1 cm³/mol. The molecule has 0 unspecified atom stereocenters. The molecule has 2 aromatic rings. The standard InChI is InChI=1S/C20H23N3O2/c1-15-8-10-18(11-9-15)16(2)22-23-20(25)13-12-19(24)21-14-17-6-4-3-5-7-17/h3-11H,12-14H2,1-2H3,(H,21,24)(H,23,25). The molecule has 25 heavy (non-hydrogen) atoms. The third kappa shape index (κ3) is 6.59. The Bertz CT molecular complexity index is 737. The molecule has 0 heterocycles. The number of carbonyl (C=O) groups is 2. The van der Waals surface area contributed by atoms with Gasteiger partial charge in [-0.25, -0.2) is 5.43 Å². The molecule has 0 atom stereocenters. The second-order valence-electron chi connectivity index (χ2n) is 5.86. The lowest BCUT2D eigenvalue weighted by atomic mass is 10.1. The van der Waals surface area contributed by atoms with E-state index in [1.807, 2.05) is 68.4 Å². The molecule has 5 nitrogen and oxygen atoms in total. The van der Waals surface area contributed by atoms with Crippen LogP contribution >= 0.6 is 0 Å². The van der Waals surface area contributed by atoms with Gasteiger partial charge >= 0.3 is 0 Å². The van der Waals surface area contributed by atoms with Gasteiger partial charge in [0.05, 0.1) is 5.71 Å². The van der Waals surface area contributed by atoms with Gasteiger partial charge in [0.1, 0.15) is 0 Å². The Morgan fingerprint density at radius 2 is 1.56 bits per heavy atom. The number of hydrazone groups is 1. The molecule has 0 aliphatic heterocycles. The molecule has 0 aliphatic carbocycles. The molecule has 0 saturated heterocycles. The molecule has 0 fully saturated rings. The molecular weight excluding hydrogens is 314 g/mol. The molecule has 5 heteroatoms. The highest BCUT2D eigenvalue weighted by molar-refractivity contribution is 5.99. The molecule has 0 bridgehead atoms. The Balaban J connectivity index is 1.71. The van der Waals surface area contributed by atoms with Crippen LogP contribution in [0.1, 0.15) is 36.5 Å². The molecular formula is C20H23N3O2. The van der Waals surface area contributed by atoms with Gasteiger partial charge in [0, 0.05) is 19.4 Å². The Hall–Kier alpha value is -2.95. The summed E-state index contributed by atoms with van der Waals surface area (Å²) in [6.07, 6.45) is 0.239. The topological polar surface area (TPSA) is 70.6 Å². The van der Waals surface area contributed by atoms with Crippen molar-refractivity contribution in [2.24, 2.45) is 5.10 Å². The van der Waals surface area contributed by atoms with Crippen molar-refractivity contribution in [3.8, 4) is 0 Å². The van der Waals surface area contributed by atoms with Gasteiger partial charge in [-0.15, -0.1) is 0 Å². The minimum Gasteiger partial charge on any atom is -0.352 e. The summed E-state index contributed by atoms with van der Waals surface area (Å²) < 4.78 is 0. The van der Waals surface area contributed by atoms with E-state index in [0.29, 0.717) is 6.54 Å². The summed E-state index contributed by atoms with van der Waals surface area (Å²) in [5.74, 6) is -0.431. The van der Waals surface area contributed by atoms with Gasteiger partial charge in [0.15, 0.2) is 0 Å². The van der Waals surface area contributed by atoms with Crippen LogP contribution < -0.4 is 10.7 Å². The lowest BCUT2D eigenvalue weighted by Gasteiger charge is -2.05. The quantitative estimate of drug-likeness (QED) is 0.602. The van der Waals surface area contributed by atoms with E-state index in [2.05, 4.69) is 15.8 Å². The van der Waals surface area contributed by atoms with Gasteiger partial charge in [0.25, 0.3) is 0 Å². The van der Waals surface area contributed by atoms with Crippen LogP contribution in [-0.4, -0.2) is 17.5 Å². The third-order valence-electron chi connectivity index (χ3n) is 3.73. The average molecular weight is 337 g/mol. The van der Waals surface area contributed by atoms with Crippen LogP contribution in [0, 0.1) is 6.92 Å². The second-order valence-corrected chi connectivity index (χ2v) is 5.86. The van der Waals surface area contributed by atoms with Gasteiger partial charge in [-0.2, -0.15) is 5.10 Å². The van der Waals surface area contributed by atoms with E-state index >= 15 is 0 Å². The summed E-state index contributed by atoms with van der Waals surface area (Å²) in [5, 5.41) is 6.88. The fourth-order valence-electron chi connectivity index (χ4n) is 2.17. The molecule has 0 radical (unpaired) electrons. The number of nitrogens with one attached hydrogen (secondary N) is 2. The molecule has 2 aromatic carbocycles. The van der Waals surface area contributed by atoms with Crippen molar-refractivity contribution in [3.63, 3.8) is 0 Å². The largest absolute Gasteiger partial charge is 0.352 e. The van der Waals surface area contributed by atoms with Gasteiger partial charge in [-0.1, -0.05) is 60.2 Å². The van der Waals surface area contributed by atoms with Crippen LogP contribution in [0.4, 0.5) is 0 Å². The van der Waals surface area contributed by atoms with E-state index in [4.69, 9.17) is 0 Å². The Labute approximate surface area is 148 Å². The van der Waals surface area contributed by atoms with Crippen molar-refractivity contribution in [1.29, 1.82) is 0 Å². The number of benzene rings is 2. The van der Waals surface area contributed by atoms with Crippen LogP contribution in [0.15, 0.2) is 59.7 Å². The molecule has 2 amide bonds. The van der Waals surface area contributed by atoms with E-state index in [9.17, 15) is 9.59 Å². The maximum atomic E-state index is 11.8. The number of amides is 2. The van der Waals surface area contributed by atoms with Crippen molar-refractivity contribution in [2.75, 3.05) is 0 Å². The zero-order valence-corrected chi connectivity index (χ0v) is 14.6. The molecule has 2 N–H and O–H groups in total. The first-order valence-corrected chi connectivity index (χ1v) is 8.25. The molecule has 2 rings (SSSR count). The summed E-state index contributed by atoms with van der Waals surface area (Å²) in [4.78, 5) is 23.6. The van der Waals surface area contributed by atoms with Crippen molar-refractivity contribution in [3.05, 3.63) is 71.3 Å². The van der Waals surface area contributed by atoms with Gasteiger partial charge in [-0.05, 0) is 25.0 Å². The fourth-order valence-corrected chi connectivity index (χ4v) is 2.17. The maximum Gasteiger partial charge on any atom is 0.240 e. The van der Waals surface area contributed by atoms with Crippen molar-refractivity contribution in [1.82, 2.24) is 10.7 Å². The third-order valence-corrected chi connectivity index (χ3v) is 3.73. The summed E-state index contributed by atoms with van der Waals surface area (Å²) in [6.45, 7) is 4.31. The van der Waals surface area contributed by atoms with E-state index in [0.717, 1.165) is 16.8 Å². The summed E-state index contributed by atoms with van der Waals surface area (Å²) in [5.41, 5.74) is 6.36. The molecule has 0 aliphatic rings. The smallest absolute Gasteiger partial charge is 0.240 e. The zero-order chi connectivity index (χ0) is 18.1. The number of carbonyl (C=O) groups excluding carboxylic acids is 2. The Morgan fingerprint density at radius 3 is 2.24 bits per heavy atom. The van der Waals surface area contributed by atoms with Gasteiger partial charge in [-0.3, -0.25) is 9.59 Å². The number of nitrogens with zero attached hydrogens (tertiary/aromatic N) is 1. The minimum absolute atomic E-state index is 0.102. The van der Waals surface area contributed by atoms with Gasteiger partial charge in [0.2, 0.25) is 11.8 Å². The maximum absolute atomic E-state index is 11.8. The van der Waals surface area contributed by atoms with E-state index in [1.54, 1.807) is 0 Å². The number of hydrogen-bond acceptors (Lipinski definition) is 3. The molecule has 0 saturated carbocycles. The van der Waals surface area contributed by atoms with Crippen molar-refractivity contribution in [2.45, 2.75) is 33.2 Å². The molecule has 130 valence electrons. The zero-order valence-electron chi connectivity index (χ0n) is 14.6. The first-order chi connectivity index (χ1) is 12.0. The minimum atomic E-state index is -0.277. The first-order valence-electron chi connectivity index (χ1n) is 8.25. The first kappa shape index (κ1) is 18.4. The van der Waals surface area contributed by atoms with Crippen LogP contribution in [-0.2, 0) is 16.1 Å². The van der Waals surface area contributed by atoms with Crippen LogP contribution in [0.25, 0.3) is 0 Å². The van der Waals surface area contributed by atoms with Crippen LogP contribution in [0.5, 0.6) is 0 Å². The van der Waals surface area contributed by atoms with Crippen LogP contribution in [0.3, 0.4) is 0 Å². The van der Waals surface area contributed by atoms with Crippen molar-refractivity contribution >= 4 is 17.5 Å². The number of rotatable bonds is 7. The normalized spacial score (nSPS) is 11.0. The van der Waals surface area contributed by atoms with E-state index in [1.165, 1.54) is 5.56 Å². The molecule has 0 aromatic heterocycles. The highest BCUT2D eigenvalue weighted by Gasteiger charge is 2.06. The number of aryl methyl sites for hydroxylation is 1. The van der Waals surface area contributed by atoms with Gasteiger partial charge < -0.3 is 5.32 Å². The Morgan fingerprint density at radius 1 is 0.920 bits per heavy atom. The van der Waals surface area contributed by atoms with Crippen molar-refractivity contribution < 1.29 is 9.59 Å².